The Morgan fingerprint density at radius 1 is 1.38 bits per heavy atom. The molecule has 1 aromatic carbocycles. The molecule has 2 rings (SSSR count). The molecular weight excluding hydrogens is 262 g/mol. The second kappa shape index (κ2) is 7.69. The van der Waals surface area contributed by atoms with Crippen LogP contribution in [0.25, 0.3) is 0 Å². The highest BCUT2D eigenvalue weighted by atomic mass is 16.5. The van der Waals surface area contributed by atoms with Crippen molar-refractivity contribution in [2.75, 3.05) is 6.61 Å². The second-order valence-corrected chi connectivity index (χ2v) is 6.06. The summed E-state index contributed by atoms with van der Waals surface area (Å²) in [7, 11) is 0. The van der Waals surface area contributed by atoms with E-state index in [1.807, 2.05) is 6.92 Å². The molecule has 3 heteroatoms. The quantitative estimate of drug-likeness (QED) is 0.783. The van der Waals surface area contributed by atoms with E-state index in [9.17, 15) is 0 Å². The van der Waals surface area contributed by atoms with Crippen LogP contribution in [0.1, 0.15) is 58.1 Å². The maximum Gasteiger partial charge on any atom is 0.124 e. The highest BCUT2D eigenvalue weighted by Crippen LogP contribution is 2.35. The van der Waals surface area contributed by atoms with Gasteiger partial charge in [0.1, 0.15) is 17.6 Å². The van der Waals surface area contributed by atoms with Gasteiger partial charge in [0.05, 0.1) is 6.61 Å². The third-order valence-electron chi connectivity index (χ3n) is 4.01. The Balaban J connectivity index is 2.05. The van der Waals surface area contributed by atoms with Crippen LogP contribution in [-0.2, 0) is 13.0 Å². The molecule has 2 atom stereocenters. The van der Waals surface area contributed by atoms with Gasteiger partial charge in [-0.2, -0.15) is 0 Å². The monoisotopic (exact) mass is 291 g/mol. The van der Waals surface area contributed by atoms with Crippen molar-refractivity contribution >= 4 is 0 Å². The van der Waals surface area contributed by atoms with Gasteiger partial charge in [-0.1, -0.05) is 19.8 Å². The molecule has 0 amide bonds. The summed E-state index contributed by atoms with van der Waals surface area (Å²) in [6.45, 7) is 10.2. The van der Waals surface area contributed by atoms with Crippen LogP contribution in [0.4, 0.5) is 0 Å². The number of hydrogen-bond acceptors (Lipinski definition) is 3. The minimum Gasteiger partial charge on any atom is -0.494 e. The summed E-state index contributed by atoms with van der Waals surface area (Å²) in [5, 5.41) is 3.60. The molecule has 21 heavy (non-hydrogen) atoms. The zero-order valence-corrected chi connectivity index (χ0v) is 13.9. The molecule has 0 aliphatic carbocycles. The molecule has 0 fully saturated rings. The first-order valence-corrected chi connectivity index (χ1v) is 8.32. The van der Waals surface area contributed by atoms with Crippen molar-refractivity contribution in [3.8, 4) is 11.5 Å². The minimum absolute atomic E-state index is 0.279. The largest absolute Gasteiger partial charge is 0.494 e. The summed E-state index contributed by atoms with van der Waals surface area (Å²) in [6.07, 6.45) is 5.01. The Bertz CT molecular complexity index is 459. The Kier molecular flexibility index (Phi) is 5.92. The number of nitrogens with one attached hydrogen (secondary N) is 1. The lowest BCUT2D eigenvalue weighted by Gasteiger charge is -2.17. The minimum atomic E-state index is 0.279. The summed E-state index contributed by atoms with van der Waals surface area (Å²) in [5.41, 5.74) is 2.47. The van der Waals surface area contributed by atoms with Gasteiger partial charge in [0.25, 0.3) is 0 Å². The van der Waals surface area contributed by atoms with E-state index >= 15 is 0 Å². The number of benzene rings is 1. The van der Waals surface area contributed by atoms with Crippen LogP contribution in [0.3, 0.4) is 0 Å². The van der Waals surface area contributed by atoms with E-state index in [1.54, 1.807) is 0 Å². The van der Waals surface area contributed by atoms with E-state index in [4.69, 9.17) is 9.47 Å². The topological polar surface area (TPSA) is 30.5 Å². The lowest BCUT2D eigenvalue weighted by molar-refractivity contribution is 0.254. The van der Waals surface area contributed by atoms with Gasteiger partial charge in [0.2, 0.25) is 0 Å². The maximum atomic E-state index is 5.87. The summed E-state index contributed by atoms with van der Waals surface area (Å²) in [4.78, 5) is 0. The van der Waals surface area contributed by atoms with Crippen molar-refractivity contribution in [1.29, 1.82) is 0 Å². The molecule has 1 N–H and O–H groups in total. The van der Waals surface area contributed by atoms with Gasteiger partial charge in [-0.15, -0.1) is 0 Å². The van der Waals surface area contributed by atoms with Gasteiger partial charge in [-0.3, -0.25) is 0 Å². The average Bonchev–Trinajstić information content (AvgIpc) is 2.82. The van der Waals surface area contributed by atoms with Crippen LogP contribution >= 0.6 is 0 Å². The van der Waals surface area contributed by atoms with Crippen molar-refractivity contribution in [2.45, 2.75) is 72.1 Å². The molecule has 3 nitrogen and oxygen atoms in total. The average molecular weight is 291 g/mol. The summed E-state index contributed by atoms with van der Waals surface area (Å²) >= 11 is 0. The molecule has 1 aromatic rings. The maximum absolute atomic E-state index is 5.87. The van der Waals surface area contributed by atoms with Crippen molar-refractivity contribution in [2.24, 2.45) is 0 Å². The fraction of sp³-hybridized carbons (Fsp3) is 0.667. The predicted molar refractivity (Wildman–Crippen MR) is 87.2 cm³/mol. The highest BCUT2D eigenvalue weighted by Gasteiger charge is 2.21. The van der Waals surface area contributed by atoms with E-state index in [1.165, 1.54) is 30.4 Å². The molecule has 1 aliphatic heterocycles. The van der Waals surface area contributed by atoms with Crippen molar-refractivity contribution < 1.29 is 9.47 Å². The lowest BCUT2D eigenvalue weighted by atomic mass is 10.1. The molecule has 0 radical (unpaired) electrons. The molecular formula is C18H29NO2. The molecule has 1 aliphatic rings. The predicted octanol–water partition coefficient (Wildman–Crippen LogP) is 4.08. The van der Waals surface area contributed by atoms with Gasteiger partial charge >= 0.3 is 0 Å². The smallest absolute Gasteiger partial charge is 0.124 e. The summed E-state index contributed by atoms with van der Waals surface area (Å²) in [6, 6.07) is 4.85. The summed E-state index contributed by atoms with van der Waals surface area (Å²) in [5.74, 6) is 2.04. The number of ether oxygens (including phenoxy) is 2. The fourth-order valence-electron chi connectivity index (χ4n) is 2.81. The number of hydrogen-bond donors (Lipinski definition) is 1. The van der Waals surface area contributed by atoms with Crippen molar-refractivity contribution in [3.05, 3.63) is 23.3 Å². The Morgan fingerprint density at radius 2 is 2.19 bits per heavy atom. The van der Waals surface area contributed by atoms with Crippen LogP contribution in [0.15, 0.2) is 12.1 Å². The zero-order valence-electron chi connectivity index (χ0n) is 13.9. The fourth-order valence-corrected chi connectivity index (χ4v) is 2.81. The van der Waals surface area contributed by atoms with Gasteiger partial charge in [0, 0.05) is 30.1 Å². The van der Waals surface area contributed by atoms with E-state index < -0.39 is 0 Å². The van der Waals surface area contributed by atoms with Gasteiger partial charge in [-0.05, 0) is 39.3 Å². The van der Waals surface area contributed by atoms with Crippen LogP contribution in [0, 0.1) is 0 Å². The van der Waals surface area contributed by atoms with E-state index in [0.29, 0.717) is 12.6 Å². The molecule has 118 valence electrons. The number of fused-ring (bicyclic) bond motifs is 1. The molecule has 0 spiro atoms. The van der Waals surface area contributed by atoms with E-state index in [0.717, 1.165) is 24.5 Å². The van der Waals surface area contributed by atoms with Gasteiger partial charge < -0.3 is 14.8 Å². The SMILES string of the molecule is CCCCC(C)NCc1cc2c(cc1OCC)CC(C)O2. The summed E-state index contributed by atoms with van der Waals surface area (Å²) < 4.78 is 11.7. The first-order chi connectivity index (χ1) is 10.1. The Hall–Kier alpha value is -1.22. The second-order valence-electron chi connectivity index (χ2n) is 6.06. The first kappa shape index (κ1) is 16.2. The van der Waals surface area contributed by atoms with E-state index in [2.05, 4.69) is 38.2 Å². The zero-order chi connectivity index (χ0) is 15.2. The highest BCUT2D eigenvalue weighted by molar-refractivity contribution is 5.48. The standard InChI is InChI=1S/C18H29NO2/c1-5-7-8-13(3)19-12-16-11-18-15(9-14(4)21-18)10-17(16)20-6-2/h10-11,13-14,19H,5-9,12H2,1-4H3. The first-order valence-electron chi connectivity index (χ1n) is 8.32. The molecule has 2 unspecified atom stereocenters. The normalized spacial score (nSPS) is 18.2. The van der Waals surface area contributed by atoms with Crippen LogP contribution in [-0.4, -0.2) is 18.8 Å². The van der Waals surface area contributed by atoms with Crippen LogP contribution in [0.5, 0.6) is 11.5 Å². The lowest BCUT2D eigenvalue weighted by Crippen LogP contribution is -2.25. The number of unbranched alkanes of at least 4 members (excludes halogenated alkanes) is 1. The molecule has 1 heterocycles. The molecule has 0 saturated heterocycles. The van der Waals surface area contributed by atoms with Crippen molar-refractivity contribution in [1.82, 2.24) is 5.32 Å². The van der Waals surface area contributed by atoms with Gasteiger partial charge in [-0.25, -0.2) is 0 Å². The molecule has 0 aromatic heterocycles. The van der Waals surface area contributed by atoms with E-state index in [-0.39, 0.29) is 6.10 Å². The number of rotatable bonds is 8. The third kappa shape index (κ3) is 4.37. The van der Waals surface area contributed by atoms with Crippen LogP contribution in [0.2, 0.25) is 0 Å². The van der Waals surface area contributed by atoms with Crippen LogP contribution < -0.4 is 14.8 Å². The third-order valence-corrected chi connectivity index (χ3v) is 4.01. The Morgan fingerprint density at radius 3 is 2.90 bits per heavy atom. The molecule has 0 saturated carbocycles. The van der Waals surface area contributed by atoms with Crippen molar-refractivity contribution in [3.63, 3.8) is 0 Å². The van der Waals surface area contributed by atoms with Gasteiger partial charge in [0.15, 0.2) is 0 Å². The molecule has 0 bridgehead atoms. The Labute approximate surface area is 129 Å².